The number of nitro benzene ring substituents is 2. The fourth-order valence-corrected chi connectivity index (χ4v) is 2.13. The SMILES string of the molecule is O=C(Cc1ccc([N+](=O)[O-])cc1[N+](=O)[O-])NCCCn1ccnc1. The van der Waals surface area contributed by atoms with Crippen LogP contribution in [0.4, 0.5) is 11.4 Å². The molecule has 0 aliphatic rings. The maximum absolute atomic E-state index is 11.9. The number of aryl methyl sites for hydroxylation is 1. The standard InChI is InChI=1S/C14H15N5O5/c20-14(16-4-1-6-17-7-5-15-10-17)8-11-2-3-12(18(21)22)9-13(11)19(23)24/h2-3,5,7,9-10H,1,4,6,8H2,(H,16,20). The third kappa shape index (κ3) is 4.60. The van der Waals surface area contributed by atoms with E-state index >= 15 is 0 Å². The molecule has 1 heterocycles. The summed E-state index contributed by atoms with van der Waals surface area (Å²) in [7, 11) is 0. The molecule has 0 unspecified atom stereocenters. The molecule has 1 N–H and O–H groups in total. The first-order valence-corrected chi connectivity index (χ1v) is 7.11. The van der Waals surface area contributed by atoms with Crippen LogP contribution in [0.15, 0.2) is 36.9 Å². The highest BCUT2D eigenvalue weighted by molar-refractivity contribution is 5.80. The molecule has 0 atom stereocenters. The molecule has 10 heteroatoms. The molecule has 0 aliphatic heterocycles. The van der Waals surface area contributed by atoms with Crippen LogP contribution >= 0.6 is 0 Å². The normalized spacial score (nSPS) is 10.3. The number of carbonyl (C=O) groups is 1. The van der Waals surface area contributed by atoms with Gasteiger partial charge >= 0.3 is 0 Å². The lowest BCUT2D eigenvalue weighted by molar-refractivity contribution is -0.394. The monoisotopic (exact) mass is 333 g/mol. The van der Waals surface area contributed by atoms with Gasteiger partial charge in [-0.15, -0.1) is 0 Å². The lowest BCUT2D eigenvalue weighted by Gasteiger charge is -2.06. The van der Waals surface area contributed by atoms with Gasteiger partial charge in [0.2, 0.25) is 5.91 Å². The van der Waals surface area contributed by atoms with Crippen LogP contribution in [-0.2, 0) is 17.8 Å². The van der Waals surface area contributed by atoms with Crippen LogP contribution in [0.5, 0.6) is 0 Å². The zero-order chi connectivity index (χ0) is 17.5. The van der Waals surface area contributed by atoms with Crippen molar-refractivity contribution in [1.29, 1.82) is 0 Å². The first-order chi connectivity index (χ1) is 11.5. The van der Waals surface area contributed by atoms with E-state index in [-0.39, 0.29) is 23.6 Å². The van der Waals surface area contributed by atoms with E-state index in [4.69, 9.17) is 0 Å². The molecule has 126 valence electrons. The second-order valence-electron chi connectivity index (χ2n) is 5.01. The maximum Gasteiger partial charge on any atom is 0.279 e. The quantitative estimate of drug-likeness (QED) is 0.441. The summed E-state index contributed by atoms with van der Waals surface area (Å²) in [5.74, 6) is -0.377. The molecule has 1 aromatic carbocycles. The lowest BCUT2D eigenvalue weighted by Crippen LogP contribution is -2.27. The Balaban J connectivity index is 1.90. The maximum atomic E-state index is 11.9. The average Bonchev–Trinajstić information content (AvgIpc) is 3.05. The summed E-state index contributed by atoms with van der Waals surface area (Å²) in [6.07, 6.45) is 5.61. The summed E-state index contributed by atoms with van der Waals surface area (Å²) >= 11 is 0. The summed E-state index contributed by atoms with van der Waals surface area (Å²) in [4.78, 5) is 36.0. The number of nitro groups is 2. The molecule has 0 spiro atoms. The van der Waals surface area contributed by atoms with E-state index in [1.54, 1.807) is 12.5 Å². The minimum absolute atomic E-state index is 0.137. The van der Waals surface area contributed by atoms with Crippen LogP contribution < -0.4 is 5.32 Å². The highest BCUT2D eigenvalue weighted by Crippen LogP contribution is 2.24. The van der Waals surface area contributed by atoms with Crippen LogP contribution in [0.3, 0.4) is 0 Å². The Morgan fingerprint density at radius 3 is 2.67 bits per heavy atom. The number of amides is 1. The van der Waals surface area contributed by atoms with Crippen molar-refractivity contribution >= 4 is 17.3 Å². The number of nitrogens with zero attached hydrogens (tertiary/aromatic N) is 4. The molecule has 1 amide bonds. The Labute approximate surface area is 136 Å². The molecule has 24 heavy (non-hydrogen) atoms. The molecule has 2 rings (SSSR count). The van der Waals surface area contributed by atoms with Crippen molar-refractivity contribution in [3.8, 4) is 0 Å². The van der Waals surface area contributed by atoms with Gasteiger partial charge < -0.3 is 9.88 Å². The van der Waals surface area contributed by atoms with E-state index in [0.717, 1.165) is 12.1 Å². The molecular formula is C14H15N5O5. The van der Waals surface area contributed by atoms with Crippen molar-refractivity contribution in [3.05, 3.63) is 62.7 Å². The number of hydrogen-bond donors (Lipinski definition) is 1. The topological polar surface area (TPSA) is 133 Å². The van der Waals surface area contributed by atoms with Gasteiger partial charge in [0.15, 0.2) is 0 Å². The van der Waals surface area contributed by atoms with Crippen molar-refractivity contribution in [1.82, 2.24) is 14.9 Å². The summed E-state index contributed by atoms with van der Waals surface area (Å²) < 4.78 is 1.87. The van der Waals surface area contributed by atoms with Crippen molar-refractivity contribution < 1.29 is 14.6 Å². The molecule has 10 nitrogen and oxygen atoms in total. The number of non-ortho nitro benzene ring substituents is 1. The summed E-state index contributed by atoms with van der Waals surface area (Å²) in [6.45, 7) is 1.11. The second kappa shape index (κ2) is 7.81. The van der Waals surface area contributed by atoms with Gasteiger partial charge in [-0.2, -0.15) is 0 Å². The third-order valence-corrected chi connectivity index (χ3v) is 3.30. The second-order valence-corrected chi connectivity index (χ2v) is 5.01. The Kier molecular flexibility index (Phi) is 5.55. The average molecular weight is 333 g/mol. The van der Waals surface area contributed by atoms with Gasteiger partial charge in [0.1, 0.15) is 0 Å². The van der Waals surface area contributed by atoms with E-state index < -0.39 is 15.5 Å². The zero-order valence-corrected chi connectivity index (χ0v) is 12.6. The number of rotatable bonds is 8. The third-order valence-electron chi connectivity index (χ3n) is 3.30. The van der Waals surface area contributed by atoms with Gasteiger partial charge in [0.05, 0.1) is 28.7 Å². The molecule has 0 aliphatic carbocycles. The van der Waals surface area contributed by atoms with E-state index in [9.17, 15) is 25.0 Å². The van der Waals surface area contributed by atoms with Gasteiger partial charge in [-0.1, -0.05) is 0 Å². The highest BCUT2D eigenvalue weighted by atomic mass is 16.6. The van der Waals surface area contributed by atoms with E-state index in [0.29, 0.717) is 19.5 Å². The first-order valence-electron chi connectivity index (χ1n) is 7.11. The fourth-order valence-electron chi connectivity index (χ4n) is 2.13. The predicted octanol–water partition coefficient (Wildman–Crippen LogP) is 1.45. The van der Waals surface area contributed by atoms with E-state index in [1.165, 1.54) is 6.07 Å². The highest BCUT2D eigenvalue weighted by Gasteiger charge is 2.20. The fraction of sp³-hybridized carbons (Fsp3) is 0.286. The number of carbonyl (C=O) groups excluding carboxylic acids is 1. The molecule has 0 fully saturated rings. The van der Waals surface area contributed by atoms with Gasteiger partial charge in [-0.25, -0.2) is 4.98 Å². The molecule has 0 saturated carbocycles. The number of hydrogen-bond acceptors (Lipinski definition) is 6. The van der Waals surface area contributed by atoms with E-state index in [2.05, 4.69) is 10.3 Å². The Hall–Kier alpha value is -3.30. The minimum atomic E-state index is -0.728. The largest absolute Gasteiger partial charge is 0.356 e. The lowest BCUT2D eigenvalue weighted by atomic mass is 10.1. The smallest absolute Gasteiger partial charge is 0.279 e. The van der Waals surface area contributed by atoms with Crippen molar-refractivity contribution in [2.75, 3.05) is 6.54 Å². The predicted molar refractivity (Wildman–Crippen MR) is 83.3 cm³/mol. The van der Waals surface area contributed by atoms with Crippen molar-refractivity contribution in [2.45, 2.75) is 19.4 Å². The van der Waals surface area contributed by atoms with Crippen LogP contribution in [0.2, 0.25) is 0 Å². The van der Waals surface area contributed by atoms with Gasteiger partial charge in [-0.3, -0.25) is 25.0 Å². The van der Waals surface area contributed by atoms with Gasteiger partial charge in [-0.05, 0) is 12.5 Å². The molecular weight excluding hydrogens is 318 g/mol. The van der Waals surface area contributed by atoms with E-state index in [1.807, 2.05) is 10.8 Å². The Bertz CT molecular complexity index is 744. The molecule has 1 aromatic heterocycles. The molecule has 0 radical (unpaired) electrons. The first kappa shape index (κ1) is 17.1. The zero-order valence-electron chi connectivity index (χ0n) is 12.6. The van der Waals surface area contributed by atoms with Gasteiger partial charge in [0.25, 0.3) is 11.4 Å². The molecule has 0 saturated heterocycles. The van der Waals surface area contributed by atoms with Crippen LogP contribution in [0.25, 0.3) is 0 Å². The van der Waals surface area contributed by atoms with Crippen molar-refractivity contribution in [3.63, 3.8) is 0 Å². The summed E-state index contributed by atoms with van der Waals surface area (Å²) in [5.41, 5.74) is -0.679. The summed E-state index contributed by atoms with van der Waals surface area (Å²) in [6, 6.07) is 3.25. The number of nitrogens with one attached hydrogen (secondary N) is 1. The molecule has 0 bridgehead atoms. The van der Waals surface area contributed by atoms with Crippen molar-refractivity contribution in [2.24, 2.45) is 0 Å². The van der Waals surface area contributed by atoms with Crippen LogP contribution in [-0.4, -0.2) is 31.8 Å². The summed E-state index contributed by atoms with van der Waals surface area (Å²) in [5, 5.41) is 24.4. The number of aromatic nitrogens is 2. The number of imidazole rings is 1. The Morgan fingerprint density at radius 1 is 1.25 bits per heavy atom. The minimum Gasteiger partial charge on any atom is -0.356 e. The van der Waals surface area contributed by atoms with Gasteiger partial charge in [0, 0.05) is 37.1 Å². The number of benzene rings is 1. The Morgan fingerprint density at radius 2 is 2.04 bits per heavy atom. The molecule has 2 aromatic rings. The van der Waals surface area contributed by atoms with Crippen LogP contribution in [0.1, 0.15) is 12.0 Å². The van der Waals surface area contributed by atoms with Crippen LogP contribution in [0, 0.1) is 20.2 Å².